The lowest BCUT2D eigenvalue weighted by molar-refractivity contribution is 0.0670. The number of carbonyl (C=O) groups excluding carboxylic acids is 1. The zero-order valence-electron chi connectivity index (χ0n) is 12.5. The van der Waals surface area contributed by atoms with Gasteiger partial charge in [-0.1, -0.05) is 6.92 Å². The van der Waals surface area contributed by atoms with Crippen molar-refractivity contribution in [2.75, 3.05) is 33.2 Å². The Kier molecular flexibility index (Phi) is 5.14. The summed E-state index contributed by atoms with van der Waals surface area (Å²) >= 11 is 0. The summed E-state index contributed by atoms with van der Waals surface area (Å²) in [5.74, 6) is 0.0444. The zero-order valence-corrected chi connectivity index (χ0v) is 12.5. The molecule has 2 N–H and O–H groups in total. The summed E-state index contributed by atoms with van der Waals surface area (Å²) in [6, 6.07) is 0.273. The quantitative estimate of drug-likeness (QED) is 0.866. The Morgan fingerprint density at radius 2 is 2.30 bits per heavy atom. The molecular formula is C14H25N5O. The molecule has 6 nitrogen and oxygen atoms in total. The number of nitrogens with two attached hydrogens (primary N) is 1. The van der Waals surface area contributed by atoms with Gasteiger partial charge in [-0.05, 0) is 26.4 Å². The van der Waals surface area contributed by atoms with E-state index in [9.17, 15) is 4.79 Å². The normalized spacial score (nSPS) is 20.9. The Bertz CT molecular complexity index is 445. The van der Waals surface area contributed by atoms with Gasteiger partial charge in [0.25, 0.3) is 5.91 Å². The lowest BCUT2D eigenvalue weighted by Gasteiger charge is -2.29. The number of nitrogens with zero attached hydrogens (tertiary/aromatic N) is 4. The van der Waals surface area contributed by atoms with E-state index >= 15 is 0 Å². The van der Waals surface area contributed by atoms with E-state index in [1.807, 2.05) is 9.47 Å². The predicted molar refractivity (Wildman–Crippen MR) is 78.5 cm³/mol. The molecule has 1 atom stereocenters. The number of amides is 1. The fraction of sp³-hybridized carbons (Fsp3) is 0.714. The molecule has 1 saturated heterocycles. The SMILES string of the molecule is CCC1CN(C)CCCN1C(=O)c1cn(CCN)cn1. The van der Waals surface area contributed by atoms with Crippen LogP contribution in [0.3, 0.4) is 0 Å². The molecule has 1 amide bonds. The van der Waals surface area contributed by atoms with Crippen molar-refractivity contribution < 1.29 is 4.79 Å². The van der Waals surface area contributed by atoms with E-state index in [2.05, 4.69) is 23.9 Å². The summed E-state index contributed by atoms with van der Waals surface area (Å²) in [4.78, 5) is 21.2. The first-order valence-electron chi connectivity index (χ1n) is 7.37. The molecule has 1 aromatic heterocycles. The predicted octanol–water partition coefficient (Wildman–Crippen LogP) is 0.398. The van der Waals surface area contributed by atoms with Crippen LogP contribution in [0.5, 0.6) is 0 Å². The third kappa shape index (κ3) is 3.37. The summed E-state index contributed by atoms with van der Waals surface area (Å²) in [5, 5.41) is 0. The molecule has 0 saturated carbocycles. The third-order valence-electron chi connectivity index (χ3n) is 3.87. The first-order chi connectivity index (χ1) is 9.65. The maximum atomic E-state index is 12.6. The summed E-state index contributed by atoms with van der Waals surface area (Å²) in [6.07, 6.45) is 5.48. The van der Waals surface area contributed by atoms with Crippen molar-refractivity contribution in [3.8, 4) is 0 Å². The maximum absolute atomic E-state index is 12.6. The van der Waals surface area contributed by atoms with Crippen LogP contribution in [-0.2, 0) is 6.54 Å². The highest BCUT2D eigenvalue weighted by molar-refractivity contribution is 5.92. The van der Waals surface area contributed by atoms with Gasteiger partial charge in [0.15, 0.2) is 0 Å². The van der Waals surface area contributed by atoms with Crippen LogP contribution in [-0.4, -0.2) is 64.5 Å². The molecule has 1 aromatic rings. The summed E-state index contributed by atoms with van der Waals surface area (Å²) in [6.45, 7) is 6.17. The number of hydrogen-bond donors (Lipinski definition) is 1. The summed E-state index contributed by atoms with van der Waals surface area (Å²) in [5.41, 5.74) is 6.05. The fourth-order valence-electron chi connectivity index (χ4n) is 2.75. The van der Waals surface area contributed by atoms with Gasteiger partial charge in [-0.3, -0.25) is 4.79 Å². The van der Waals surface area contributed by atoms with Gasteiger partial charge >= 0.3 is 0 Å². The van der Waals surface area contributed by atoms with Crippen LogP contribution in [0.4, 0.5) is 0 Å². The number of imidazole rings is 1. The van der Waals surface area contributed by atoms with Crippen molar-refractivity contribution in [2.45, 2.75) is 32.4 Å². The van der Waals surface area contributed by atoms with E-state index in [-0.39, 0.29) is 11.9 Å². The first-order valence-corrected chi connectivity index (χ1v) is 7.37. The number of carbonyl (C=O) groups is 1. The average molecular weight is 279 g/mol. The lowest BCUT2D eigenvalue weighted by Crippen LogP contribution is -2.43. The second-order valence-corrected chi connectivity index (χ2v) is 5.46. The molecule has 0 spiro atoms. The Labute approximate surface area is 120 Å². The number of hydrogen-bond acceptors (Lipinski definition) is 4. The molecule has 0 bridgehead atoms. The molecule has 0 radical (unpaired) electrons. The lowest BCUT2D eigenvalue weighted by atomic mass is 10.1. The first kappa shape index (κ1) is 15.0. The van der Waals surface area contributed by atoms with E-state index < -0.39 is 0 Å². The molecule has 1 fully saturated rings. The molecule has 0 aromatic carbocycles. The largest absolute Gasteiger partial charge is 0.335 e. The summed E-state index contributed by atoms with van der Waals surface area (Å²) in [7, 11) is 2.12. The minimum absolute atomic E-state index is 0.0444. The molecule has 2 heterocycles. The van der Waals surface area contributed by atoms with Crippen molar-refractivity contribution in [1.29, 1.82) is 0 Å². The van der Waals surface area contributed by atoms with Crippen LogP contribution in [0, 0.1) is 0 Å². The molecular weight excluding hydrogens is 254 g/mol. The Hall–Kier alpha value is -1.40. The number of aromatic nitrogens is 2. The molecule has 112 valence electrons. The van der Waals surface area contributed by atoms with Gasteiger partial charge in [0.1, 0.15) is 5.69 Å². The second-order valence-electron chi connectivity index (χ2n) is 5.46. The van der Waals surface area contributed by atoms with Crippen LogP contribution >= 0.6 is 0 Å². The van der Waals surface area contributed by atoms with Crippen molar-refractivity contribution in [3.63, 3.8) is 0 Å². The molecule has 2 rings (SSSR count). The van der Waals surface area contributed by atoms with Crippen molar-refractivity contribution in [2.24, 2.45) is 5.73 Å². The minimum atomic E-state index is 0.0444. The standard InChI is InChI=1S/C14H25N5O/c1-3-12-9-17(2)6-4-7-19(12)14(20)13-10-18(8-5-15)11-16-13/h10-12H,3-9,15H2,1-2H3. The average Bonchev–Trinajstić information content (AvgIpc) is 2.81. The van der Waals surface area contributed by atoms with Crippen molar-refractivity contribution >= 4 is 5.91 Å². The van der Waals surface area contributed by atoms with Crippen LogP contribution in [0.15, 0.2) is 12.5 Å². The molecule has 0 aliphatic carbocycles. The van der Waals surface area contributed by atoms with E-state index in [1.54, 1.807) is 12.5 Å². The van der Waals surface area contributed by atoms with Gasteiger partial charge in [-0.15, -0.1) is 0 Å². The van der Waals surface area contributed by atoms with E-state index in [0.717, 1.165) is 32.5 Å². The van der Waals surface area contributed by atoms with Gasteiger partial charge in [-0.2, -0.15) is 0 Å². The number of rotatable bonds is 4. The van der Waals surface area contributed by atoms with Crippen molar-refractivity contribution in [3.05, 3.63) is 18.2 Å². The summed E-state index contributed by atoms with van der Waals surface area (Å²) < 4.78 is 1.87. The minimum Gasteiger partial charge on any atom is -0.335 e. The molecule has 6 heteroatoms. The van der Waals surface area contributed by atoms with Gasteiger partial charge in [0.05, 0.1) is 6.33 Å². The van der Waals surface area contributed by atoms with Crippen LogP contribution in [0.2, 0.25) is 0 Å². The second kappa shape index (κ2) is 6.85. The highest BCUT2D eigenvalue weighted by Gasteiger charge is 2.27. The van der Waals surface area contributed by atoms with Gasteiger partial charge in [0.2, 0.25) is 0 Å². The smallest absolute Gasteiger partial charge is 0.274 e. The van der Waals surface area contributed by atoms with Gasteiger partial charge in [0, 0.05) is 38.4 Å². The molecule has 1 aliphatic heterocycles. The van der Waals surface area contributed by atoms with E-state index in [0.29, 0.717) is 18.8 Å². The van der Waals surface area contributed by atoms with Crippen LogP contribution < -0.4 is 5.73 Å². The van der Waals surface area contributed by atoms with Crippen molar-refractivity contribution in [1.82, 2.24) is 19.4 Å². The van der Waals surface area contributed by atoms with Gasteiger partial charge < -0.3 is 20.1 Å². The highest BCUT2D eigenvalue weighted by atomic mass is 16.2. The Morgan fingerprint density at radius 3 is 3.00 bits per heavy atom. The van der Waals surface area contributed by atoms with E-state index in [1.165, 1.54) is 0 Å². The van der Waals surface area contributed by atoms with Gasteiger partial charge in [-0.25, -0.2) is 4.98 Å². The van der Waals surface area contributed by atoms with E-state index in [4.69, 9.17) is 5.73 Å². The highest BCUT2D eigenvalue weighted by Crippen LogP contribution is 2.15. The Balaban J connectivity index is 2.12. The maximum Gasteiger partial charge on any atom is 0.274 e. The molecule has 1 unspecified atom stereocenters. The van der Waals surface area contributed by atoms with Crippen LogP contribution in [0.25, 0.3) is 0 Å². The zero-order chi connectivity index (χ0) is 14.5. The Morgan fingerprint density at radius 1 is 1.50 bits per heavy atom. The topological polar surface area (TPSA) is 67.4 Å². The third-order valence-corrected chi connectivity index (χ3v) is 3.87. The molecule has 20 heavy (non-hydrogen) atoms. The fourth-order valence-corrected chi connectivity index (χ4v) is 2.75. The number of likely N-dealkylation sites (N-methyl/N-ethyl adjacent to an activating group) is 1. The van der Waals surface area contributed by atoms with Crippen LogP contribution in [0.1, 0.15) is 30.3 Å². The molecule has 1 aliphatic rings. The monoisotopic (exact) mass is 279 g/mol.